The molecule has 1 amide bonds. The third-order valence-electron chi connectivity index (χ3n) is 9.26. The average Bonchev–Trinajstić information content (AvgIpc) is 3.67. The number of ketones is 1. The van der Waals surface area contributed by atoms with Crippen LogP contribution in [0.2, 0.25) is 5.02 Å². The molecule has 13 heteroatoms. The number of tetrazole rings is 1. The van der Waals surface area contributed by atoms with Crippen molar-refractivity contribution in [3.8, 4) is 11.4 Å². The number of hydrogen-bond acceptors (Lipinski definition) is 9. The Morgan fingerprint density at radius 1 is 1.08 bits per heavy atom. The summed E-state index contributed by atoms with van der Waals surface area (Å²) < 4.78 is 27.9. The maximum absolute atomic E-state index is 15.3. The molecule has 2 aromatic heterocycles. The normalized spacial score (nSPS) is 16.3. The number of ether oxygens (including phenoxy) is 2. The largest absolute Gasteiger partial charge is 0.493 e. The number of pyridine rings is 1. The van der Waals surface area contributed by atoms with Crippen LogP contribution < -0.4 is 4.74 Å². The summed E-state index contributed by atoms with van der Waals surface area (Å²) in [6.07, 6.45) is 12.8. The second-order valence-corrected chi connectivity index (χ2v) is 12.8. The first-order chi connectivity index (χ1) is 24.3. The summed E-state index contributed by atoms with van der Waals surface area (Å²) in [5, 5.41) is 10.9. The third-order valence-corrected chi connectivity index (χ3v) is 9.56. The molecule has 4 aromatic rings. The molecule has 0 unspecified atom stereocenters. The number of hydrogen-bond donors (Lipinski definition) is 0. The van der Waals surface area contributed by atoms with Gasteiger partial charge in [0.05, 0.1) is 35.9 Å². The van der Waals surface area contributed by atoms with Crippen LogP contribution in [0, 0.1) is 11.7 Å². The standard InChI is InChI=1S/C37H38ClFN6O5/c1-2-49-37(48)25-11-12-26(40-22-25)21-32(46)36-28-9-6-10-33(50-20-18-24-7-4-3-5-8-24)27(28)17-19-44(36)34(47)16-13-29-31(45-23-41-42-43-45)15-14-30(38)35(29)39/h6,9-16,22-24,36H,2-5,7-8,17-21H2,1H3/b16-13+/t36-/m0/s1. The molecule has 2 aromatic carbocycles. The fraction of sp³-hybridized carbons (Fsp3) is 0.378. The van der Waals surface area contributed by atoms with Crippen LogP contribution in [0.5, 0.6) is 5.75 Å². The topological polar surface area (TPSA) is 129 Å². The van der Waals surface area contributed by atoms with Crippen LogP contribution in [0.1, 0.15) is 84.2 Å². The van der Waals surface area contributed by atoms with Gasteiger partial charge in [-0.2, -0.15) is 4.68 Å². The number of esters is 1. The lowest BCUT2D eigenvalue weighted by atomic mass is 9.87. The summed E-state index contributed by atoms with van der Waals surface area (Å²) in [5.41, 5.74) is 2.56. The van der Waals surface area contributed by atoms with Crippen molar-refractivity contribution < 1.29 is 28.2 Å². The van der Waals surface area contributed by atoms with E-state index in [4.69, 9.17) is 21.1 Å². The van der Waals surface area contributed by atoms with Gasteiger partial charge in [0.1, 0.15) is 18.1 Å². The molecule has 0 N–H and O–H groups in total. The Balaban J connectivity index is 1.28. The SMILES string of the molecule is CCOC(=O)c1ccc(CC(=O)[C@@H]2c3cccc(OCCC4CCCCC4)c3CCN2C(=O)/C=C/c2c(-n3cnnn3)ccc(Cl)c2F)nc1. The number of carbonyl (C=O) groups excluding carboxylic acids is 3. The molecule has 3 heterocycles. The summed E-state index contributed by atoms with van der Waals surface area (Å²) >= 11 is 6.09. The average molecular weight is 701 g/mol. The van der Waals surface area contributed by atoms with Crippen LogP contribution in [0.15, 0.2) is 61.1 Å². The number of carbonyl (C=O) groups is 3. The van der Waals surface area contributed by atoms with Crippen LogP contribution in [0.3, 0.4) is 0 Å². The molecule has 260 valence electrons. The molecule has 0 bridgehead atoms. The minimum atomic E-state index is -0.965. The highest BCUT2D eigenvalue weighted by molar-refractivity contribution is 6.31. The summed E-state index contributed by atoms with van der Waals surface area (Å²) in [4.78, 5) is 46.1. The quantitative estimate of drug-likeness (QED) is 0.123. The fourth-order valence-corrected chi connectivity index (χ4v) is 6.91. The lowest BCUT2D eigenvalue weighted by Gasteiger charge is -2.36. The highest BCUT2D eigenvalue weighted by Crippen LogP contribution is 2.37. The Bertz CT molecular complexity index is 1860. The maximum Gasteiger partial charge on any atom is 0.339 e. The zero-order valence-electron chi connectivity index (χ0n) is 27.8. The predicted octanol–water partition coefficient (Wildman–Crippen LogP) is 6.33. The second-order valence-electron chi connectivity index (χ2n) is 12.4. The van der Waals surface area contributed by atoms with Crippen molar-refractivity contribution in [3.63, 3.8) is 0 Å². The van der Waals surface area contributed by atoms with Gasteiger partial charge in [0.15, 0.2) is 11.6 Å². The summed E-state index contributed by atoms with van der Waals surface area (Å²) in [5.74, 6) is -0.642. The first-order valence-electron chi connectivity index (χ1n) is 16.9. The lowest BCUT2D eigenvalue weighted by molar-refractivity contribution is -0.136. The molecule has 0 radical (unpaired) electrons. The van der Waals surface area contributed by atoms with Gasteiger partial charge in [-0.15, -0.1) is 5.10 Å². The summed E-state index contributed by atoms with van der Waals surface area (Å²) in [6, 6.07) is 10.7. The van der Waals surface area contributed by atoms with Gasteiger partial charge in [0.25, 0.3) is 0 Å². The maximum atomic E-state index is 15.3. The number of amides is 1. The van der Waals surface area contributed by atoms with Crippen LogP contribution in [-0.4, -0.2) is 67.5 Å². The third kappa shape index (κ3) is 7.91. The van der Waals surface area contributed by atoms with Crippen molar-refractivity contribution in [2.45, 2.75) is 64.3 Å². The van der Waals surface area contributed by atoms with E-state index < -0.39 is 23.7 Å². The Labute approximate surface area is 294 Å². The van der Waals surface area contributed by atoms with Gasteiger partial charge in [-0.3, -0.25) is 14.6 Å². The predicted molar refractivity (Wildman–Crippen MR) is 183 cm³/mol. The van der Waals surface area contributed by atoms with Crippen molar-refractivity contribution in [2.24, 2.45) is 5.92 Å². The van der Waals surface area contributed by atoms with E-state index in [9.17, 15) is 14.4 Å². The molecule has 0 spiro atoms. The first kappa shape index (κ1) is 34.9. The molecule has 6 rings (SSSR count). The number of rotatable bonds is 12. The summed E-state index contributed by atoms with van der Waals surface area (Å²) in [6.45, 7) is 2.75. The van der Waals surface area contributed by atoms with Crippen LogP contribution in [-0.2, 0) is 27.2 Å². The van der Waals surface area contributed by atoms with E-state index in [1.165, 1.54) is 72.4 Å². The molecule has 50 heavy (non-hydrogen) atoms. The molecule has 1 saturated carbocycles. The first-order valence-corrected chi connectivity index (χ1v) is 17.3. The molecular formula is C37H38ClFN6O5. The van der Waals surface area contributed by atoms with Gasteiger partial charge in [0, 0.05) is 35.6 Å². The molecule has 1 fully saturated rings. The molecular weight excluding hydrogens is 663 g/mol. The Hall–Kier alpha value is -4.97. The van der Waals surface area contributed by atoms with Crippen LogP contribution in [0.25, 0.3) is 11.8 Å². The highest BCUT2D eigenvalue weighted by Gasteiger charge is 2.36. The van der Waals surface area contributed by atoms with E-state index in [2.05, 4.69) is 20.5 Å². The van der Waals surface area contributed by atoms with E-state index in [0.717, 1.165) is 12.0 Å². The van der Waals surface area contributed by atoms with Crippen LogP contribution in [0.4, 0.5) is 4.39 Å². The highest BCUT2D eigenvalue weighted by atomic mass is 35.5. The van der Waals surface area contributed by atoms with Gasteiger partial charge >= 0.3 is 5.97 Å². The monoisotopic (exact) mass is 700 g/mol. The van der Waals surface area contributed by atoms with Gasteiger partial charge in [-0.1, -0.05) is 55.8 Å². The van der Waals surface area contributed by atoms with Crippen molar-refractivity contribution in [1.29, 1.82) is 0 Å². The van der Waals surface area contributed by atoms with Crippen molar-refractivity contribution in [3.05, 3.63) is 99.9 Å². The van der Waals surface area contributed by atoms with Crippen molar-refractivity contribution >= 4 is 35.3 Å². The molecule has 11 nitrogen and oxygen atoms in total. The van der Waals surface area contributed by atoms with E-state index in [-0.39, 0.29) is 47.2 Å². The van der Waals surface area contributed by atoms with Gasteiger partial charge in [-0.25, -0.2) is 9.18 Å². The molecule has 1 aliphatic carbocycles. The second kappa shape index (κ2) is 16.2. The number of Topliss-reactive ketones (excluding diaryl/α,β-unsaturated/α-hetero) is 1. The zero-order valence-corrected chi connectivity index (χ0v) is 28.5. The van der Waals surface area contributed by atoms with E-state index in [0.29, 0.717) is 36.0 Å². The lowest BCUT2D eigenvalue weighted by Crippen LogP contribution is -2.43. The number of benzene rings is 2. The molecule has 1 atom stereocenters. The number of aromatic nitrogens is 5. The van der Waals surface area contributed by atoms with Gasteiger partial charge in [-0.05, 0) is 78.1 Å². The summed E-state index contributed by atoms with van der Waals surface area (Å²) in [7, 11) is 0. The van der Waals surface area contributed by atoms with Crippen molar-refractivity contribution in [2.75, 3.05) is 19.8 Å². The Morgan fingerprint density at radius 3 is 2.66 bits per heavy atom. The molecule has 0 saturated heterocycles. The molecule has 2 aliphatic rings. The zero-order chi connectivity index (χ0) is 35.0. The van der Waals surface area contributed by atoms with E-state index in [1.54, 1.807) is 25.1 Å². The Kier molecular flexibility index (Phi) is 11.3. The smallest absolute Gasteiger partial charge is 0.339 e. The van der Waals surface area contributed by atoms with Crippen molar-refractivity contribution in [1.82, 2.24) is 30.1 Å². The number of fused-ring (bicyclic) bond motifs is 1. The van der Waals surface area contributed by atoms with Gasteiger partial charge in [0.2, 0.25) is 5.91 Å². The minimum Gasteiger partial charge on any atom is -0.493 e. The Morgan fingerprint density at radius 2 is 1.92 bits per heavy atom. The van der Waals surface area contributed by atoms with Gasteiger partial charge < -0.3 is 14.4 Å². The number of nitrogens with zero attached hydrogens (tertiary/aromatic N) is 6. The number of halogens is 2. The minimum absolute atomic E-state index is 0.0120. The fourth-order valence-electron chi connectivity index (χ4n) is 6.74. The van der Waals surface area contributed by atoms with Crippen LogP contribution >= 0.6 is 11.6 Å². The molecule has 1 aliphatic heterocycles. The van der Waals surface area contributed by atoms with E-state index >= 15 is 4.39 Å². The van der Waals surface area contributed by atoms with E-state index in [1.807, 2.05) is 18.2 Å².